The molecular weight excluding hydrogens is 208 g/mol. The summed E-state index contributed by atoms with van der Waals surface area (Å²) in [4.78, 5) is 0. The molecule has 3 atom stereocenters. The molecule has 0 amide bonds. The normalized spacial score (nSPS) is 30.2. The molecule has 4 heteroatoms. The van der Waals surface area contributed by atoms with Crippen LogP contribution >= 0.6 is 0 Å². The topological polar surface area (TPSA) is 47.9 Å². The van der Waals surface area contributed by atoms with E-state index in [0.717, 1.165) is 6.42 Å². The monoisotopic (exact) mass is 232 g/mol. The van der Waals surface area contributed by atoms with Crippen LogP contribution in [0, 0.1) is 0 Å². The Balaban J connectivity index is 2.32. The third kappa shape index (κ3) is 3.70. The second kappa shape index (κ2) is 5.96. The molecule has 4 nitrogen and oxygen atoms in total. The number of hydrogen-bond acceptors (Lipinski definition) is 4. The highest BCUT2D eigenvalue weighted by Gasteiger charge is 2.44. The van der Waals surface area contributed by atoms with Gasteiger partial charge in [-0.05, 0) is 20.3 Å². The van der Waals surface area contributed by atoms with E-state index in [1.54, 1.807) is 7.11 Å². The Kier molecular flexibility index (Phi) is 5.18. The molecule has 0 aliphatic heterocycles. The van der Waals surface area contributed by atoms with Crippen molar-refractivity contribution in [2.45, 2.75) is 57.5 Å². The van der Waals surface area contributed by atoms with Crippen LogP contribution in [0.2, 0.25) is 0 Å². The van der Waals surface area contributed by atoms with E-state index in [-0.39, 0.29) is 17.8 Å². The first-order chi connectivity index (χ1) is 7.50. The summed E-state index contributed by atoms with van der Waals surface area (Å²) in [6.07, 6.45) is 1.04. The zero-order chi connectivity index (χ0) is 12.2. The summed E-state index contributed by atoms with van der Waals surface area (Å²) in [6.45, 7) is 7.27. The highest BCUT2D eigenvalue weighted by atomic mass is 16.6. The van der Waals surface area contributed by atoms with E-state index in [2.05, 4.69) is 20.8 Å². The van der Waals surface area contributed by atoms with Crippen molar-refractivity contribution < 1.29 is 19.3 Å². The first-order valence-electron chi connectivity index (χ1n) is 5.96. The Morgan fingerprint density at radius 3 is 2.50 bits per heavy atom. The largest absolute Gasteiger partial charge is 0.390 e. The fourth-order valence-electron chi connectivity index (χ4n) is 1.65. The predicted molar refractivity (Wildman–Crippen MR) is 61.5 cm³/mol. The number of hydrogen-bond donors (Lipinski definition) is 1. The third-order valence-corrected chi connectivity index (χ3v) is 3.14. The molecule has 16 heavy (non-hydrogen) atoms. The molecule has 0 saturated heterocycles. The molecule has 1 saturated carbocycles. The molecule has 1 aliphatic carbocycles. The third-order valence-electron chi connectivity index (χ3n) is 3.14. The maximum Gasteiger partial charge on any atom is 0.110 e. The number of aliphatic hydroxyl groups is 1. The van der Waals surface area contributed by atoms with Crippen LogP contribution in [0.4, 0.5) is 0 Å². The molecule has 0 aromatic carbocycles. The van der Waals surface area contributed by atoms with Crippen molar-refractivity contribution in [3.8, 4) is 0 Å². The molecule has 0 aromatic rings. The molecular formula is C12H24O4. The van der Waals surface area contributed by atoms with Crippen LogP contribution in [0.15, 0.2) is 0 Å². The van der Waals surface area contributed by atoms with Gasteiger partial charge in [0.15, 0.2) is 0 Å². The average Bonchev–Trinajstić information content (AvgIpc) is 2.23. The highest BCUT2D eigenvalue weighted by Crippen LogP contribution is 2.31. The molecule has 1 N–H and O–H groups in total. The van der Waals surface area contributed by atoms with Gasteiger partial charge < -0.3 is 19.3 Å². The van der Waals surface area contributed by atoms with Crippen LogP contribution in [-0.4, -0.2) is 49.3 Å². The van der Waals surface area contributed by atoms with Gasteiger partial charge in [0.2, 0.25) is 0 Å². The Morgan fingerprint density at radius 2 is 2.00 bits per heavy atom. The number of methoxy groups -OCH3 is 1. The molecule has 0 aromatic heterocycles. The summed E-state index contributed by atoms with van der Waals surface area (Å²) in [6, 6.07) is 0. The van der Waals surface area contributed by atoms with Gasteiger partial charge in [-0.2, -0.15) is 0 Å². The van der Waals surface area contributed by atoms with Gasteiger partial charge in [0.25, 0.3) is 0 Å². The summed E-state index contributed by atoms with van der Waals surface area (Å²) >= 11 is 0. The first kappa shape index (κ1) is 13.9. The van der Waals surface area contributed by atoms with E-state index in [4.69, 9.17) is 14.2 Å². The van der Waals surface area contributed by atoms with Crippen LogP contribution in [0.25, 0.3) is 0 Å². The predicted octanol–water partition coefficient (Wildman–Crippen LogP) is 1.36. The first-order valence-corrected chi connectivity index (χ1v) is 5.96. The van der Waals surface area contributed by atoms with Crippen molar-refractivity contribution in [1.82, 2.24) is 0 Å². The van der Waals surface area contributed by atoms with Gasteiger partial charge >= 0.3 is 0 Å². The minimum Gasteiger partial charge on any atom is -0.390 e. The van der Waals surface area contributed by atoms with Gasteiger partial charge in [-0.3, -0.25) is 0 Å². The van der Waals surface area contributed by atoms with Crippen LogP contribution in [0.5, 0.6) is 0 Å². The van der Waals surface area contributed by atoms with Gasteiger partial charge in [0.1, 0.15) is 6.10 Å². The minimum absolute atomic E-state index is 0.0156. The van der Waals surface area contributed by atoms with Crippen molar-refractivity contribution in [2.75, 3.05) is 20.3 Å². The standard InChI is InChI=1S/C12H24O4/c1-5-12(2,3)16-10-8-9(13)11(10)15-7-6-14-4/h9-11,13H,5-8H2,1-4H3. The lowest BCUT2D eigenvalue weighted by Crippen LogP contribution is -2.56. The SMILES string of the molecule is CCC(C)(C)OC1CC(O)C1OCCOC. The molecule has 3 unspecified atom stereocenters. The summed E-state index contributed by atoms with van der Waals surface area (Å²) in [5.74, 6) is 0. The Morgan fingerprint density at radius 1 is 1.31 bits per heavy atom. The minimum atomic E-state index is -0.394. The summed E-state index contributed by atoms with van der Waals surface area (Å²) in [5, 5.41) is 9.60. The molecule has 1 aliphatic rings. The van der Waals surface area contributed by atoms with Crippen molar-refractivity contribution in [3.05, 3.63) is 0 Å². The van der Waals surface area contributed by atoms with E-state index in [0.29, 0.717) is 19.6 Å². The van der Waals surface area contributed by atoms with Crippen LogP contribution in [0.1, 0.15) is 33.6 Å². The van der Waals surface area contributed by atoms with E-state index in [1.807, 2.05) is 0 Å². The summed E-state index contributed by atoms with van der Waals surface area (Å²) < 4.78 is 16.4. The Labute approximate surface area is 97.9 Å². The fraction of sp³-hybridized carbons (Fsp3) is 1.00. The summed E-state index contributed by atoms with van der Waals surface area (Å²) in [7, 11) is 1.63. The van der Waals surface area contributed by atoms with Gasteiger partial charge in [-0.25, -0.2) is 0 Å². The van der Waals surface area contributed by atoms with Crippen molar-refractivity contribution >= 4 is 0 Å². The molecule has 0 spiro atoms. The smallest absolute Gasteiger partial charge is 0.110 e. The Bertz CT molecular complexity index is 205. The zero-order valence-corrected chi connectivity index (χ0v) is 10.7. The molecule has 0 heterocycles. The zero-order valence-electron chi connectivity index (χ0n) is 10.7. The van der Waals surface area contributed by atoms with Crippen LogP contribution in [0.3, 0.4) is 0 Å². The maximum atomic E-state index is 9.60. The maximum absolute atomic E-state index is 9.60. The van der Waals surface area contributed by atoms with Gasteiger partial charge in [0, 0.05) is 13.5 Å². The fourth-order valence-corrected chi connectivity index (χ4v) is 1.65. The molecule has 0 bridgehead atoms. The Hall–Kier alpha value is -0.160. The highest BCUT2D eigenvalue weighted by molar-refractivity contribution is 4.93. The number of ether oxygens (including phenoxy) is 3. The van der Waals surface area contributed by atoms with Gasteiger partial charge in [-0.1, -0.05) is 6.92 Å². The molecule has 1 fully saturated rings. The van der Waals surface area contributed by atoms with Crippen LogP contribution < -0.4 is 0 Å². The molecule has 1 rings (SSSR count). The van der Waals surface area contributed by atoms with E-state index < -0.39 is 6.10 Å². The van der Waals surface area contributed by atoms with Gasteiger partial charge in [-0.15, -0.1) is 0 Å². The number of rotatable bonds is 7. The van der Waals surface area contributed by atoms with Crippen molar-refractivity contribution in [3.63, 3.8) is 0 Å². The quantitative estimate of drug-likeness (QED) is 0.673. The lowest BCUT2D eigenvalue weighted by molar-refractivity contribution is -0.227. The van der Waals surface area contributed by atoms with E-state index in [1.165, 1.54) is 0 Å². The van der Waals surface area contributed by atoms with Gasteiger partial charge in [0.05, 0.1) is 31.0 Å². The van der Waals surface area contributed by atoms with E-state index in [9.17, 15) is 5.11 Å². The van der Waals surface area contributed by atoms with E-state index >= 15 is 0 Å². The van der Waals surface area contributed by atoms with Crippen LogP contribution in [-0.2, 0) is 14.2 Å². The van der Waals surface area contributed by atoms with Crippen molar-refractivity contribution in [2.24, 2.45) is 0 Å². The lowest BCUT2D eigenvalue weighted by atomic mass is 9.87. The summed E-state index contributed by atoms with van der Waals surface area (Å²) in [5.41, 5.74) is -0.145. The van der Waals surface area contributed by atoms with Crippen molar-refractivity contribution in [1.29, 1.82) is 0 Å². The molecule has 0 radical (unpaired) electrons. The number of aliphatic hydroxyl groups excluding tert-OH is 1. The lowest BCUT2D eigenvalue weighted by Gasteiger charge is -2.44. The second-order valence-corrected chi connectivity index (χ2v) is 4.90. The molecule has 96 valence electrons. The average molecular weight is 232 g/mol. The second-order valence-electron chi connectivity index (χ2n) is 4.90.